The molecule has 0 radical (unpaired) electrons. The van der Waals surface area contributed by atoms with Gasteiger partial charge in [-0.15, -0.1) is 0 Å². The zero-order valence-electron chi connectivity index (χ0n) is 9.54. The van der Waals surface area contributed by atoms with Gasteiger partial charge in [0.15, 0.2) is 0 Å². The van der Waals surface area contributed by atoms with Crippen LogP contribution in [0.25, 0.3) is 0 Å². The molecule has 0 spiro atoms. The number of nitrogens with two attached hydrogens (primary N) is 1. The Labute approximate surface area is 105 Å². The van der Waals surface area contributed by atoms with E-state index in [0.717, 1.165) is 5.69 Å². The second-order valence-electron chi connectivity index (χ2n) is 3.63. The van der Waals surface area contributed by atoms with Crippen LogP contribution in [0, 0.1) is 22.7 Å². The molecule has 86 valence electrons. The van der Waals surface area contributed by atoms with E-state index >= 15 is 0 Å². The number of para-hydroxylation sites is 1. The largest absolute Gasteiger partial charge is 0.278 e. The van der Waals surface area contributed by atoms with E-state index in [4.69, 9.17) is 16.4 Å². The van der Waals surface area contributed by atoms with Gasteiger partial charge in [0.2, 0.25) is 0 Å². The molecule has 0 aliphatic carbocycles. The van der Waals surface area contributed by atoms with Crippen molar-refractivity contribution in [3.05, 3.63) is 59.7 Å². The van der Waals surface area contributed by atoms with E-state index in [0.29, 0.717) is 11.3 Å². The molecule has 18 heavy (non-hydrogen) atoms. The lowest BCUT2D eigenvalue weighted by molar-refractivity contribution is 1.08. The summed E-state index contributed by atoms with van der Waals surface area (Å²) in [6, 6.07) is 18.3. The molecule has 0 heterocycles. The average molecular weight is 234 g/mol. The van der Waals surface area contributed by atoms with Crippen LogP contribution in [-0.4, -0.2) is 0 Å². The van der Waals surface area contributed by atoms with E-state index in [-0.39, 0.29) is 5.56 Å². The fraction of sp³-hybridized carbons (Fsp3) is 0. The van der Waals surface area contributed by atoms with E-state index < -0.39 is 0 Å². The number of hydrazine groups is 1. The first-order valence-corrected chi connectivity index (χ1v) is 5.31. The monoisotopic (exact) mass is 234 g/mol. The SMILES string of the molecule is N#Cc1cccc(N(N)c2ccccc2)c1C#N. The van der Waals surface area contributed by atoms with Gasteiger partial charge >= 0.3 is 0 Å². The van der Waals surface area contributed by atoms with Crippen molar-refractivity contribution in [3.63, 3.8) is 0 Å². The minimum atomic E-state index is 0.284. The zero-order valence-corrected chi connectivity index (χ0v) is 9.54. The minimum absolute atomic E-state index is 0.284. The Balaban J connectivity index is 2.53. The van der Waals surface area contributed by atoms with Gasteiger partial charge in [-0.1, -0.05) is 24.3 Å². The van der Waals surface area contributed by atoms with E-state index in [9.17, 15) is 0 Å². The quantitative estimate of drug-likeness (QED) is 0.639. The van der Waals surface area contributed by atoms with Crippen LogP contribution in [0.1, 0.15) is 11.1 Å². The molecule has 0 saturated heterocycles. The summed E-state index contributed by atoms with van der Waals surface area (Å²) in [6.07, 6.45) is 0. The van der Waals surface area contributed by atoms with Crippen molar-refractivity contribution in [2.24, 2.45) is 5.84 Å². The van der Waals surface area contributed by atoms with E-state index in [1.165, 1.54) is 5.01 Å². The van der Waals surface area contributed by atoms with E-state index in [2.05, 4.69) is 0 Å². The lowest BCUT2D eigenvalue weighted by Crippen LogP contribution is -2.25. The molecule has 0 amide bonds. The summed E-state index contributed by atoms with van der Waals surface area (Å²) >= 11 is 0. The topological polar surface area (TPSA) is 76.8 Å². The Hall–Kier alpha value is -2.82. The molecule has 4 heteroatoms. The Kier molecular flexibility index (Phi) is 3.24. The molecule has 2 N–H and O–H groups in total. The van der Waals surface area contributed by atoms with Crippen molar-refractivity contribution in [1.82, 2.24) is 0 Å². The van der Waals surface area contributed by atoms with Crippen molar-refractivity contribution in [2.45, 2.75) is 0 Å². The predicted octanol–water partition coefficient (Wildman–Crippen LogP) is 2.44. The molecule has 0 bridgehead atoms. The summed E-state index contributed by atoms with van der Waals surface area (Å²) in [7, 11) is 0. The number of nitrogens with zero attached hydrogens (tertiary/aromatic N) is 3. The highest BCUT2D eigenvalue weighted by molar-refractivity contribution is 5.71. The number of nitriles is 2. The van der Waals surface area contributed by atoms with Crippen LogP contribution in [0.5, 0.6) is 0 Å². The van der Waals surface area contributed by atoms with Gasteiger partial charge in [0.05, 0.1) is 22.5 Å². The molecule has 0 fully saturated rings. The number of anilines is 2. The molecule has 2 rings (SSSR count). The minimum Gasteiger partial charge on any atom is -0.278 e. The lowest BCUT2D eigenvalue weighted by Gasteiger charge is -2.20. The van der Waals surface area contributed by atoms with Gasteiger partial charge in [-0.05, 0) is 24.3 Å². The summed E-state index contributed by atoms with van der Waals surface area (Å²) in [5.41, 5.74) is 1.87. The summed E-state index contributed by atoms with van der Waals surface area (Å²) in [4.78, 5) is 0. The van der Waals surface area contributed by atoms with Crippen molar-refractivity contribution in [1.29, 1.82) is 10.5 Å². The molecule has 0 aliphatic rings. The Morgan fingerprint density at radius 3 is 2.22 bits per heavy atom. The molecular weight excluding hydrogens is 224 g/mol. The molecule has 0 aliphatic heterocycles. The highest BCUT2D eigenvalue weighted by atomic mass is 15.4. The van der Waals surface area contributed by atoms with Gasteiger partial charge in [-0.3, -0.25) is 5.01 Å². The van der Waals surface area contributed by atoms with Crippen LogP contribution in [0.15, 0.2) is 48.5 Å². The fourth-order valence-electron chi connectivity index (χ4n) is 1.68. The van der Waals surface area contributed by atoms with Gasteiger partial charge in [-0.25, -0.2) is 5.84 Å². The molecule has 0 saturated carbocycles. The number of benzene rings is 2. The van der Waals surface area contributed by atoms with Crippen LogP contribution >= 0.6 is 0 Å². The summed E-state index contributed by atoms with van der Waals surface area (Å²) in [5, 5.41) is 19.5. The van der Waals surface area contributed by atoms with Crippen LogP contribution < -0.4 is 10.9 Å². The molecule has 0 aromatic heterocycles. The fourth-order valence-corrected chi connectivity index (χ4v) is 1.68. The maximum absolute atomic E-state index is 9.14. The first kappa shape index (κ1) is 11.7. The van der Waals surface area contributed by atoms with Crippen molar-refractivity contribution < 1.29 is 0 Å². The Morgan fingerprint density at radius 1 is 0.889 bits per heavy atom. The smallest absolute Gasteiger partial charge is 0.103 e. The third-order valence-electron chi connectivity index (χ3n) is 2.57. The summed E-state index contributed by atoms with van der Waals surface area (Å²) in [6.45, 7) is 0. The van der Waals surface area contributed by atoms with Crippen molar-refractivity contribution in [3.8, 4) is 12.1 Å². The average Bonchev–Trinajstić information content (AvgIpc) is 2.46. The molecule has 2 aromatic carbocycles. The Bertz CT molecular complexity index is 635. The Morgan fingerprint density at radius 2 is 1.61 bits per heavy atom. The van der Waals surface area contributed by atoms with Crippen LogP contribution in [0.4, 0.5) is 11.4 Å². The predicted molar refractivity (Wildman–Crippen MR) is 68.6 cm³/mol. The molecule has 0 unspecified atom stereocenters. The van der Waals surface area contributed by atoms with Crippen LogP contribution in [-0.2, 0) is 0 Å². The standard InChI is InChI=1S/C14H10N4/c15-9-11-5-4-8-14(13(11)10-16)18(17)12-6-2-1-3-7-12/h1-8H,17H2. The lowest BCUT2D eigenvalue weighted by atomic mass is 10.1. The van der Waals surface area contributed by atoms with Crippen LogP contribution in [0.2, 0.25) is 0 Å². The molecule has 4 nitrogen and oxygen atoms in total. The van der Waals surface area contributed by atoms with E-state index in [1.807, 2.05) is 42.5 Å². The maximum Gasteiger partial charge on any atom is 0.103 e. The van der Waals surface area contributed by atoms with Gasteiger partial charge < -0.3 is 0 Å². The molecule has 2 aromatic rings. The number of hydrogen-bond donors (Lipinski definition) is 1. The first-order valence-electron chi connectivity index (χ1n) is 5.31. The van der Waals surface area contributed by atoms with Gasteiger partial charge in [-0.2, -0.15) is 10.5 Å². The summed E-state index contributed by atoms with van der Waals surface area (Å²) < 4.78 is 0. The molecular formula is C14H10N4. The van der Waals surface area contributed by atoms with Gasteiger partial charge in [0.1, 0.15) is 12.1 Å². The van der Waals surface area contributed by atoms with Crippen LogP contribution in [0.3, 0.4) is 0 Å². The third kappa shape index (κ3) is 2.01. The first-order chi connectivity index (χ1) is 8.77. The maximum atomic E-state index is 9.14. The van der Waals surface area contributed by atoms with Gasteiger partial charge in [0.25, 0.3) is 0 Å². The van der Waals surface area contributed by atoms with Crippen molar-refractivity contribution in [2.75, 3.05) is 5.01 Å². The number of hydrogen-bond acceptors (Lipinski definition) is 4. The van der Waals surface area contributed by atoms with Gasteiger partial charge in [0, 0.05) is 0 Å². The second kappa shape index (κ2) is 5.01. The normalized spacial score (nSPS) is 9.28. The highest BCUT2D eigenvalue weighted by Crippen LogP contribution is 2.26. The molecule has 0 atom stereocenters. The van der Waals surface area contributed by atoms with Crippen molar-refractivity contribution >= 4 is 11.4 Å². The highest BCUT2D eigenvalue weighted by Gasteiger charge is 2.12. The zero-order chi connectivity index (χ0) is 13.0. The van der Waals surface area contributed by atoms with E-state index in [1.54, 1.807) is 18.2 Å². The third-order valence-corrected chi connectivity index (χ3v) is 2.57. The summed E-state index contributed by atoms with van der Waals surface area (Å²) in [5.74, 6) is 5.99. The second-order valence-corrected chi connectivity index (χ2v) is 3.63. The number of rotatable bonds is 2.